The third-order valence-corrected chi connectivity index (χ3v) is 5.93. The number of carbonyl (C=O) groups excluding carboxylic acids is 1. The zero-order valence-corrected chi connectivity index (χ0v) is 16.1. The van der Waals surface area contributed by atoms with E-state index in [2.05, 4.69) is 20.7 Å². The van der Waals surface area contributed by atoms with Crippen LogP contribution < -0.4 is 4.72 Å². The third kappa shape index (κ3) is 4.16. The maximum Gasteiger partial charge on any atom is 0.328 e. The number of methoxy groups -OCH3 is 1. The number of carbonyl (C=O) groups is 1. The van der Waals surface area contributed by atoms with E-state index in [4.69, 9.17) is 16.3 Å². The molecule has 2 aromatic carbocycles. The van der Waals surface area contributed by atoms with Crippen LogP contribution >= 0.6 is 27.5 Å². The van der Waals surface area contributed by atoms with Crippen molar-refractivity contribution in [3.05, 3.63) is 63.1 Å². The topological polar surface area (TPSA) is 72.5 Å². The number of benzene rings is 2. The van der Waals surface area contributed by atoms with Crippen molar-refractivity contribution in [2.45, 2.75) is 17.9 Å². The van der Waals surface area contributed by atoms with E-state index in [9.17, 15) is 13.2 Å². The monoisotopic (exact) mass is 431 g/mol. The lowest BCUT2D eigenvalue weighted by atomic mass is 10.1. The number of hydrogen-bond donors (Lipinski definition) is 1. The van der Waals surface area contributed by atoms with Gasteiger partial charge in [-0.15, -0.1) is 0 Å². The molecule has 1 unspecified atom stereocenters. The minimum atomic E-state index is -3.97. The highest BCUT2D eigenvalue weighted by Crippen LogP contribution is 2.25. The van der Waals surface area contributed by atoms with E-state index in [0.717, 1.165) is 4.47 Å². The van der Waals surface area contributed by atoms with Gasteiger partial charge in [-0.3, -0.25) is 0 Å². The second-order valence-corrected chi connectivity index (χ2v) is 8.00. The van der Waals surface area contributed by atoms with Gasteiger partial charge in [-0.05, 0) is 42.3 Å². The molecule has 8 heteroatoms. The Balaban J connectivity index is 2.43. The predicted octanol–water partition coefficient (Wildman–Crippen LogP) is 3.60. The molecule has 24 heavy (non-hydrogen) atoms. The van der Waals surface area contributed by atoms with Gasteiger partial charge in [0.15, 0.2) is 0 Å². The number of nitrogens with one attached hydrogen (secondary N) is 1. The third-order valence-electron chi connectivity index (χ3n) is 3.42. The quantitative estimate of drug-likeness (QED) is 0.733. The van der Waals surface area contributed by atoms with E-state index in [1.54, 1.807) is 37.3 Å². The van der Waals surface area contributed by atoms with Crippen LogP contribution in [0.15, 0.2) is 51.8 Å². The van der Waals surface area contributed by atoms with Crippen LogP contribution in [0.1, 0.15) is 17.2 Å². The van der Waals surface area contributed by atoms with Crippen LogP contribution in [0.3, 0.4) is 0 Å². The van der Waals surface area contributed by atoms with Gasteiger partial charge in [0.05, 0.1) is 12.0 Å². The summed E-state index contributed by atoms with van der Waals surface area (Å²) in [5, 5.41) is 0.330. The molecule has 0 aliphatic carbocycles. The second-order valence-electron chi connectivity index (χ2n) is 4.99. The molecule has 0 bridgehead atoms. The van der Waals surface area contributed by atoms with Gasteiger partial charge in [0, 0.05) is 9.50 Å². The number of rotatable bonds is 5. The maximum absolute atomic E-state index is 12.7. The van der Waals surface area contributed by atoms with Crippen molar-refractivity contribution >= 4 is 43.5 Å². The van der Waals surface area contributed by atoms with Gasteiger partial charge in [-0.1, -0.05) is 45.7 Å². The minimum Gasteiger partial charge on any atom is -0.468 e. The molecule has 5 nitrogen and oxygen atoms in total. The van der Waals surface area contributed by atoms with Crippen molar-refractivity contribution in [3.63, 3.8) is 0 Å². The molecular weight excluding hydrogens is 418 g/mol. The fraction of sp³-hybridized carbons (Fsp3) is 0.188. The zero-order valence-electron chi connectivity index (χ0n) is 12.9. The molecule has 0 saturated carbocycles. The number of ether oxygens (including phenoxy) is 1. The van der Waals surface area contributed by atoms with Gasteiger partial charge in [0.1, 0.15) is 6.04 Å². The fourth-order valence-electron chi connectivity index (χ4n) is 2.12. The first-order valence-electron chi connectivity index (χ1n) is 6.87. The van der Waals surface area contributed by atoms with Crippen LogP contribution in [-0.2, 0) is 19.6 Å². The van der Waals surface area contributed by atoms with Crippen molar-refractivity contribution < 1.29 is 17.9 Å². The van der Waals surface area contributed by atoms with Crippen molar-refractivity contribution in [1.29, 1.82) is 0 Å². The predicted molar refractivity (Wildman–Crippen MR) is 95.4 cm³/mol. The average Bonchev–Trinajstić information content (AvgIpc) is 2.55. The number of halogens is 2. The second kappa shape index (κ2) is 7.65. The van der Waals surface area contributed by atoms with Crippen LogP contribution in [0.25, 0.3) is 0 Å². The van der Waals surface area contributed by atoms with E-state index in [1.165, 1.54) is 19.2 Å². The molecule has 128 valence electrons. The standard InChI is InChI=1S/C16H15BrClNO4S/c1-10-13(18)4-3-5-14(10)24(21,22)19-15(16(20)23-2)11-6-8-12(17)9-7-11/h3-9,15,19H,1-2H3. The summed E-state index contributed by atoms with van der Waals surface area (Å²) in [7, 11) is -2.77. The molecule has 1 N–H and O–H groups in total. The van der Waals surface area contributed by atoms with E-state index in [1.807, 2.05) is 0 Å². The van der Waals surface area contributed by atoms with Gasteiger partial charge in [0.2, 0.25) is 10.0 Å². The lowest BCUT2D eigenvalue weighted by Gasteiger charge is -2.18. The van der Waals surface area contributed by atoms with Crippen LogP contribution in [0.2, 0.25) is 5.02 Å². The maximum atomic E-state index is 12.7. The summed E-state index contributed by atoms with van der Waals surface area (Å²) < 4.78 is 33.3. The minimum absolute atomic E-state index is 0.0148. The Hall–Kier alpha value is -1.41. The molecule has 0 spiro atoms. The summed E-state index contributed by atoms with van der Waals surface area (Å²) in [4.78, 5) is 12.1. The van der Waals surface area contributed by atoms with Crippen molar-refractivity contribution in [2.24, 2.45) is 0 Å². The van der Waals surface area contributed by atoms with E-state index < -0.39 is 22.0 Å². The summed E-state index contributed by atoms with van der Waals surface area (Å²) in [5.74, 6) is -0.708. The Morgan fingerprint density at radius 2 is 1.83 bits per heavy atom. The van der Waals surface area contributed by atoms with Crippen LogP contribution in [0, 0.1) is 6.92 Å². The van der Waals surface area contributed by atoms with Crippen molar-refractivity contribution in [2.75, 3.05) is 7.11 Å². The van der Waals surface area contributed by atoms with Gasteiger partial charge in [-0.25, -0.2) is 13.2 Å². The number of hydrogen-bond acceptors (Lipinski definition) is 4. The van der Waals surface area contributed by atoms with Crippen LogP contribution in [0.5, 0.6) is 0 Å². The highest BCUT2D eigenvalue weighted by atomic mass is 79.9. The lowest BCUT2D eigenvalue weighted by molar-refractivity contribution is -0.142. The molecule has 0 aliphatic heterocycles. The summed E-state index contributed by atoms with van der Waals surface area (Å²) >= 11 is 9.29. The van der Waals surface area contributed by atoms with E-state index in [0.29, 0.717) is 16.1 Å². The van der Waals surface area contributed by atoms with Gasteiger partial charge in [0.25, 0.3) is 0 Å². The van der Waals surface area contributed by atoms with Gasteiger partial charge >= 0.3 is 5.97 Å². The highest BCUT2D eigenvalue weighted by molar-refractivity contribution is 9.10. The fourth-order valence-corrected chi connectivity index (χ4v) is 4.06. The first-order chi connectivity index (χ1) is 11.3. The summed E-state index contributed by atoms with van der Waals surface area (Å²) in [5.41, 5.74) is 0.874. The van der Waals surface area contributed by atoms with Crippen LogP contribution in [0.4, 0.5) is 0 Å². The molecule has 0 aromatic heterocycles. The Morgan fingerprint density at radius 1 is 1.21 bits per heavy atom. The molecule has 0 radical (unpaired) electrons. The molecule has 2 aromatic rings. The van der Waals surface area contributed by atoms with Crippen molar-refractivity contribution in [3.8, 4) is 0 Å². The number of esters is 1. The smallest absolute Gasteiger partial charge is 0.328 e. The van der Waals surface area contributed by atoms with E-state index >= 15 is 0 Å². The largest absolute Gasteiger partial charge is 0.468 e. The Kier molecular flexibility index (Phi) is 6.03. The molecule has 0 aliphatic rings. The molecule has 1 atom stereocenters. The molecule has 2 rings (SSSR count). The summed E-state index contributed by atoms with van der Waals surface area (Å²) in [6.45, 7) is 1.60. The van der Waals surface area contributed by atoms with Gasteiger partial charge < -0.3 is 4.74 Å². The first kappa shape index (κ1) is 18.9. The Labute approximate surface area is 154 Å². The summed E-state index contributed by atoms with van der Waals surface area (Å²) in [6, 6.07) is 10.1. The Morgan fingerprint density at radius 3 is 2.42 bits per heavy atom. The van der Waals surface area contributed by atoms with Crippen LogP contribution in [-0.4, -0.2) is 21.5 Å². The first-order valence-corrected chi connectivity index (χ1v) is 9.52. The highest BCUT2D eigenvalue weighted by Gasteiger charge is 2.29. The number of sulfonamides is 1. The zero-order chi connectivity index (χ0) is 17.9. The lowest BCUT2D eigenvalue weighted by Crippen LogP contribution is -2.34. The van der Waals surface area contributed by atoms with E-state index in [-0.39, 0.29) is 4.90 Å². The summed E-state index contributed by atoms with van der Waals surface area (Å²) in [6.07, 6.45) is 0. The molecular formula is C16H15BrClNO4S. The molecule has 0 amide bonds. The normalized spacial score (nSPS) is 12.7. The van der Waals surface area contributed by atoms with Gasteiger partial charge in [-0.2, -0.15) is 4.72 Å². The molecule has 0 fully saturated rings. The van der Waals surface area contributed by atoms with Crippen molar-refractivity contribution in [1.82, 2.24) is 4.72 Å². The Bertz CT molecular complexity index is 853. The molecule has 0 saturated heterocycles. The molecule has 0 heterocycles. The SMILES string of the molecule is COC(=O)C(NS(=O)(=O)c1cccc(Cl)c1C)c1ccc(Br)cc1. The average molecular weight is 433 g/mol.